The molecule has 0 heterocycles. The third kappa shape index (κ3) is 5.47. The minimum atomic E-state index is -1.19. The van der Waals surface area contributed by atoms with Crippen molar-refractivity contribution in [2.45, 2.75) is 38.8 Å². The van der Waals surface area contributed by atoms with Crippen LogP contribution in [0.2, 0.25) is 0 Å². The quantitative estimate of drug-likeness (QED) is 0.767. The largest absolute Gasteiger partial charge is 0.350 e. The van der Waals surface area contributed by atoms with E-state index < -0.39 is 11.4 Å². The maximum atomic E-state index is 12.2. The monoisotopic (exact) mass is 355 g/mol. The SMILES string of the molecule is CC(C)(C)NC(=O)CNC(=O)C(C)(N)c1ccc(Br)cc1. The molecule has 1 rings (SSSR count). The number of rotatable bonds is 4. The lowest BCUT2D eigenvalue weighted by atomic mass is 9.92. The molecule has 0 aliphatic carbocycles. The summed E-state index contributed by atoms with van der Waals surface area (Å²) in [4.78, 5) is 23.9. The molecule has 0 saturated heterocycles. The smallest absolute Gasteiger partial charge is 0.244 e. The summed E-state index contributed by atoms with van der Waals surface area (Å²) in [5.41, 5.74) is 5.24. The third-order valence-corrected chi connectivity index (χ3v) is 3.37. The number of nitrogens with one attached hydrogen (secondary N) is 2. The first-order chi connectivity index (χ1) is 9.52. The number of nitrogens with two attached hydrogens (primary N) is 1. The van der Waals surface area contributed by atoms with E-state index in [1.54, 1.807) is 19.1 Å². The first-order valence-electron chi connectivity index (χ1n) is 6.66. The zero-order valence-corrected chi connectivity index (χ0v) is 14.4. The van der Waals surface area contributed by atoms with Gasteiger partial charge in [-0.2, -0.15) is 0 Å². The van der Waals surface area contributed by atoms with Crippen LogP contribution >= 0.6 is 15.9 Å². The molecule has 1 aromatic rings. The molecule has 1 aromatic carbocycles. The molecule has 21 heavy (non-hydrogen) atoms. The highest BCUT2D eigenvalue weighted by molar-refractivity contribution is 9.10. The molecule has 6 heteroatoms. The van der Waals surface area contributed by atoms with Crippen molar-refractivity contribution in [3.05, 3.63) is 34.3 Å². The van der Waals surface area contributed by atoms with Crippen LogP contribution in [0.1, 0.15) is 33.3 Å². The van der Waals surface area contributed by atoms with Gasteiger partial charge in [-0.1, -0.05) is 28.1 Å². The van der Waals surface area contributed by atoms with Crippen LogP contribution in [0.4, 0.5) is 0 Å². The molecule has 0 spiro atoms. The van der Waals surface area contributed by atoms with Crippen molar-refractivity contribution in [3.63, 3.8) is 0 Å². The summed E-state index contributed by atoms with van der Waals surface area (Å²) in [7, 11) is 0. The van der Waals surface area contributed by atoms with Crippen molar-refractivity contribution in [2.75, 3.05) is 6.54 Å². The van der Waals surface area contributed by atoms with Crippen molar-refractivity contribution >= 4 is 27.7 Å². The molecular formula is C15H22BrN3O2. The summed E-state index contributed by atoms with van der Waals surface area (Å²) < 4.78 is 0.909. The fourth-order valence-electron chi connectivity index (χ4n) is 1.73. The zero-order chi connectivity index (χ0) is 16.3. The zero-order valence-electron chi connectivity index (χ0n) is 12.8. The second-order valence-electron chi connectivity index (χ2n) is 6.19. The van der Waals surface area contributed by atoms with Gasteiger partial charge in [0, 0.05) is 10.0 Å². The number of hydrogen-bond acceptors (Lipinski definition) is 3. The Hall–Kier alpha value is -1.40. The Labute approximate surface area is 133 Å². The maximum absolute atomic E-state index is 12.2. The van der Waals surface area contributed by atoms with Crippen LogP contribution in [0, 0.1) is 0 Å². The second kappa shape index (κ2) is 6.58. The minimum absolute atomic E-state index is 0.0978. The van der Waals surface area contributed by atoms with E-state index in [0.29, 0.717) is 5.56 Å². The van der Waals surface area contributed by atoms with Crippen LogP contribution < -0.4 is 16.4 Å². The van der Waals surface area contributed by atoms with Crippen molar-refractivity contribution in [3.8, 4) is 0 Å². The van der Waals surface area contributed by atoms with Gasteiger partial charge in [0.15, 0.2) is 0 Å². The van der Waals surface area contributed by atoms with Gasteiger partial charge in [0.05, 0.1) is 6.54 Å². The van der Waals surface area contributed by atoms with Gasteiger partial charge < -0.3 is 16.4 Å². The summed E-state index contributed by atoms with van der Waals surface area (Å²) in [6, 6.07) is 7.19. The molecule has 0 aliphatic heterocycles. The summed E-state index contributed by atoms with van der Waals surface area (Å²) in [5, 5.41) is 5.34. The van der Waals surface area contributed by atoms with Gasteiger partial charge in [-0.15, -0.1) is 0 Å². The number of hydrogen-bond donors (Lipinski definition) is 3. The van der Waals surface area contributed by atoms with Gasteiger partial charge in [-0.05, 0) is 45.4 Å². The molecule has 4 N–H and O–H groups in total. The lowest BCUT2D eigenvalue weighted by Gasteiger charge is -2.25. The van der Waals surface area contributed by atoms with Crippen LogP contribution in [0.3, 0.4) is 0 Å². The van der Waals surface area contributed by atoms with E-state index in [-0.39, 0.29) is 18.0 Å². The summed E-state index contributed by atoms with van der Waals surface area (Å²) in [6.07, 6.45) is 0. The van der Waals surface area contributed by atoms with Crippen molar-refractivity contribution in [1.82, 2.24) is 10.6 Å². The van der Waals surface area contributed by atoms with E-state index in [0.717, 1.165) is 4.47 Å². The number of amides is 2. The highest BCUT2D eigenvalue weighted by Crippen LogP contribution is 2.20. The molecule has 1 atom stereocenters. The highest BCUT2D eigenvalue weighted by atomic mass is 79.9. The first-order valence-corrected chi connectivity index (χ1v) is 7.46. The van der Waals surface area contributed by atoms with Crippen LogP contribution in [0.15, 0.2) is 28.7 Å². The summed E-state index contributed by atoms with van der Waals surface area (Å²) in [5.74, 6) is -0.642. The highest BCUT2D eigenvalue weighted by Gasteiger charge is 2.30. The summed E-state index contributed by atoms with van der Waals surface area (Å²) in [6.45, 7) is 7.15. The van der Waals surface area contributed by atoms with Crippen molar-refractivity contribution < 1.29 is 9.59 Å². The standard InChI is InChI=1S/C15H22BrN3O2/c1-14(2,3)19-12(20)9-18-13(21)15(4,17)10-5-7-11(16)8-6-10/h5-8H,9,17H2,1-4H3,(H,18,21)(H,19,20). The lowest BCUT2D eigenvalue weighted by molar-refractivity contribution is -0.129. The van der Waals surface area contributed by atoms with Gasteiger partial charge in [-0.25, -0.2) is 0 Å². The molecule has 0 aromatic heterocycles. The molecule has 0 bridgehead atoms. The van der Waals surface area contributed by atoms with E-state index in [2.05, 4.69) is 26.6 Å². The van der Waals surface area contributed by atoms with Gasteiger partial charge in [-0.3, -0.25) is 9.59 Å². The Morgan fingerprint density at radius 3 is 2.14 bits per heavy atom. The van der Waals surface area contributed by atoms with Gasteiger partial charge in [0.2, 0.25) is 11.8 Å². The van der Waals surface area contributed by atoms with Crippen LogP contribution in [0.25, 0.3) is 0 Å². The normalized spacial score (nSPS) is 14.2. The van der Waals surface area contributed by atoms with E-state index in [1.807, 2.05) is 32.9 Å². The Morgan fingerprint density at radius 1 is 1.14 bits per heavy atom. The van der Waals surface area contributed by atoms with Crippen LogP contribution in [-0.2, 0) is 15.1 Å². The predicted octanol–water partition coefficient (Wildman–Crippen LogP) is 1.65. The molecule has 0 aliphatic rings. The van der Waals surface area contributed by atoms with Crippen molar-refractivity contribution in [2.24, 2.45) is 5.73 Å². The molecule has 0 saturated carbocycles. The Balaban J connectivity index is 2.66. The molecule has 5 nitrogen and oxygen atoms in total. The van der Waals surface area contributed by atoms with Crippen LogP contribution in [0.5, 0.6) is 0 Å². The number of carbonyl (C=O) groups excluding carboxylic acids is 2. The van der Waals surface area contributed by atoms with Gasteiger partial charge in [0.1, 0.15) is 5.54 Å². The van der Waals surface area contributed by atoms with E-state index in [4.69, 9.17) is 5.73 Å². The number of carbonyl (C=O) groups is 2. The van der Waals surface area contributed by atoms with Gasteiger partial charge in [0.25, 0.3) is 0 Å². The molecule has 0 radical (unpaired) electrons. The average Bonchev–Trinajstić information content (AvgIpc) is 2.34. The maximum Gasteiger partial charge on any atom is 0.244 e. The number of halogens is 1. The fourth-order valence-corrected chi connectivity index (χ4v) is 2.00. The van der Waals surface area contributed by atoms with Gasteiger partial charge >= 0.3 is 0 Å². The first kappa shape index (κ1) is 17.7. The minimum Gasteiger partial charge on any atom is -0.350 e. The lowest BCUT2D eigenvalue weighted by Crippen LogP contribution is -2.52. The van der Waals surface area contributed by atoms with Crippen molar-refractivity contribution in [1.29, 1.82) is 0 Å². The number of benzene rings is 1. The fraction of sp³-hybridized carbons (Fsp3) is 0.467. The third-order valence-electron chi connectivity index (χ3n) is 2.84. The predicted molar refractivity (Wildman–Crippen MR) is 86.6 cm³/mol. The summed E-state index contributed by atoms with van der Waals surface area (Å²) >= 11 is 3.33. The molecular weight excluding hydrogens is 334 g/mol. The molecule has 0 fully saturated rings. The van der Waals surface area contributed by atoms with E-state index >= 15 is 0 Å². The molecule has 116 valence electrons. The van der Waals surface area contributed by atoms with E-state index in [1.165, 1.54) is 0 Å². The van der Waals surface area contributed by atoms with E-state index in [9.17, 15) is 9.59 Å². The second-order valence-corrected chi connectivity index (χ2v) is 7.11. The Morgan fingerprint density at radius 2 is 1.67 bits per heavy atom. The topological polar surface area (TPSA) is 84.2 Å². The molecule has 2 amide bonds. The van der Waals surface area contributed by atoms with Crippen LogP contribution in [-0.4, -0.2) is 23.9 Å². The Kier molecular flexibility index (Phi) is 5.53. The average molecular weight is 356 g/mol. The molecule has 1 unspecified atom stereocenters. The Bertz CT molecular complexity index is 519.